The monoisotopic (exact) mass is 657 g/mol. The summed E-state index contributed by atoms with van der Waals surface area (Å²) in [5.41, 5.74) is 2.12. The number of nitro benzene ring substituents is 1. The molecule has 250 valence electrons. The van der Waals surface area contributed by atoms with Crippen LogP contribution in [0.3, 0.4) is 0 Å². The number of likely N-dealkylation sites (tertiary alicyclic amines) is 1. The van der Waals surface area contributed by atoms with Gasteiger partial charge in [0.1, 0.15) is 16.8 Å². The van der Waals surface area contributed by atoms with Crippen molar-refractivity contribution in [3.8, 4) is 0 Å². The average molecular weight is 658 g/mol. The number of unbranched alkanes of at least 4 members (excludes halogenated alkanes) is 1. The van der Waals surface area contributed by atoms with Gasteiger partial charge in [0.15, 0.2) is 28.1 Å². The Morgan fingerprint density at radius 2 is 1.83 bits per heavy atom. The summed E-state index contributed by atoms with van der Waals surface area (Å²) in [7, 11) is 3.95. The summed E-state index contributed by atoms with van der Waals surface area (Å²) in [5, 5.41) is 17.4. The Balaban J connectivity index is 1.40. The number of amides is 1. The summed E-state index contributed by atoms with van der Waals surface area (Å²) in [6.07, 6.45) is 5.32. The molecule has 1 aliphatic heterocycles. The zero-order chi connectivity index (χ0) is 33.5. The molecule has 3 N–H and O–H groups in total. The minimum Gasteiger partial charge on any atom is -0.453 e. The van der Waals surface area contributed by atoms with E-state index in [1.54, 1.807) is 22.6 Å². The number of nitrogens with zero attached hydrogens (tertiary/aromatic N) is 4. The number of pyridine rings is 1. The van der Waals surface area contributed by atoms with Crippen LogP contribution in [0.15, 0.2) is 56.2 Å². The number of nitro groups is 1. The molecule has 1 amide bonds. The fourth-order valence-corrected chi connectivity index (χ4v) is 6.42. The lowest BCUT2D eigenvalue weighted by Gasteiger charge is -2.19. The lowest BCUT2D eigenvalue weighted by molar-refractivity contribution is -0.384. The maximum atomic E-state index is 15.9. The molecule has 0 atom stereocenters. The van der Waals surface area contributed by atoms with Crippen LogP contribution in [0.2, 0.25) is 0 Å². The van der Waals surface area contributed by atoms with E-state index in [2.05, 4.69) is 25.4 Å². The lowest BCUT2D eigenvalue weighted by Crippen LogP contribution is -2.30. The number of hydrogen-bond acceptors (Lipinski definition) is 9. The first-order valence-corrected chi connectivity index (χ1v) is 16.1. The highest BCUT2D eigenvalue weighted by molar-refractivity contribution is 6.06. The number of halogens is 1. The van der Waals surface area contributed by atoms with Gasteiger partial charge in [-0.25, -0.2) is 4.39 Å². The zero-order valence-corrected chi connectivity index (χ0v) is 26.7. The Kier molecular flexibility index (Phi) is 8.35. The second-order valence-electron chi connectivity index (χ2n) is 12.5. The number of hydrogen-bond donors (Lipinski definition) is 3. The van der Waals surface area contributed by atoms with Crippen molar-refractivity contribution in [3.05, 3.63) is 74.3 Å². The van der Waals surface area contributed by atoms with E-state index in [1.807, 2.05) is 14.1 Å². The van der Waals surface area contributed by atoms with Crippen molar-refractivity contribution < 1.29 is 22.9 Å². The molecule has 0 saturated carbocycles. The van der Waals surface area contributed by atoms with Gasteiger partial charge in [-0.3, -0.25) is 19.7 Å². The number of fused-ring (bicyclic) bond motifs is 4. The van der Waals surface area contributed by atoms with Crippen LogP contribution in [-0.4, -0.2) is 83.4 Å². The largest absolute Gasteiger partial charge is 0.453 e. The summed E-state index contributed by atoms with van der Waals surface area (Å²) in [5.74, 6) is -1.22. The fourth-order valence-electron chi connectivity index (χ4n) is 6.42. The van der Waals surface area contributed by atoms with Gasteiger partial charge in [-0.1, -0.05) is 0 Å². The minimum absolute atomic E-state index is 0.00349. The van der Waals surface area contributed by atoms with E-state index in [0.717, 1.165) is 57.9 Å². The Labute approximate surface area is 273 Å². The number of non-ortho nitro benzene ring substituents is 1. The molecular formula is C34H36FN7O6. The first-order valence-electron chi connectivity index (χ1n) is 16.1. The molecule has 6 aromatic rings. The topological polar surface area (TPSA) is 154 Å². The van der Waals surface area contributed by atoms with Gasteiger partial charge in [0, 0.05) is 44.0 Å². The van der Waals surface area contributed by atoms with E-state index < -0.39 is 22.1 Å². The summed E-state index contributed by atoms with van der Waals surface area (Å²) >= 11 is 0. The maximum absolute atomic E-state index is 15.9. The molecule has 0 bridgehead atoms. The summed E-state index contributed by atoms with van der Waals surface area (Å²) in [6, 6.07) is 8.77. The van der Waals surface area contributed by atoms with Gasteiger partial charge >= 0.3 is 0 Å². The van der Waals surface area contributed by atoms with Crippen molar-refractivity contribution in [1.29, 1.82) is 0 Å². The molecule has 13 nitrogen and oxygen atoms in total. The van der Waals surface area contributed by atoms with Crippen LogP contribution in [-0.2, 0) is 0 Å². The van der Waals surface area contributed by atoms with E-state index >= 15 is 4.39 Å². The molecule has 48 heavy (non-hydrogen) atoms. The highest BCUT2D eigenvalue weighted by atomic mass is 19.1. The molecule has 1 saturated heterocycles. The molecule has 4 heterocycles. The number of carbonyl (C=O) groups excluding carboxylic acids is 1. The van der Waals surface area contributed by atoms with Crippen LogP contribution >= 0.6 is 0 Å². The Bertz CT molecular complexity index is 2290. The van der Waals surface area contributed by atoms with Gasteiger partial charge in [0.05, 0.1) is 32.9 Å². The highest BCUT2D eigenvalue weighted by Gasteiger charge is 2.24. The van der Waals surface area contributed by atoms with Crippen LogP contribution < -0.4 is 16.1 Å². The molecule has 0 unspecified atom stereocenters. The first-order chi connectivity index (χ1) is 23.2. The Morgan fingerprint density at radius 3 is 2.60 bits per heavy atom. The van der Waals surface area contributed by atoms with E-state index in [-0.39, 0.29) is 33.5 Å². The Hall–Kier alpha value is -5.21. The molecule has 0 aliphatic carbocycles. The molecule has 0 radical (unpaired) electrons. The van der Waals surface area contributed by atoms with Crippen molar-refractivity contribution in [2.75, 3.05) is 58.7 Å². The minimum atomic E-state index is -0.665. The summed E-state index contributed by atoms with van der Waals surface area (Å²) < 4.78 is 30.0. The molecule has 14 heteroatoms. The highest BCUT2D eigenvalue weighted by Crippen LogP contribution is 2.35. The Morgan fingerprint density at radius 1 is 1.04 bits per heavy atom. The van der Waals surface area contributed by atoms with Crippen molar-refractivity contribution in [1.82, 2.24) is 24.5 Å². The van der Waals surface area contributed by atoms with Gasteiger partial charge in [-0.15, -0.1) is 0 Å². The van der Waals surface area contributed by atoms with E-state index in [1.165, 1.54) is 18.3 Å². The molecule has 3 aromatic heterocycles. The van der Waals surface area contributed by atoms with Crippen molar-refractivity contribution in [2.45, 2.75) is 25.7 Å². The first kappa shape index (κ1) is 31.4. The SMILES string of the molecule is CN(C)CCCCNC(=O)c1cn2c3cc4oc5cc([N+](=O)[O-])ccc5[nH]c4cc3oc3c(NCCN4CCCC4)c(F)cc(c1=O)c32. The standard InChI is InChI=1S/C34H36FN7O6/c1-39(2)11-4-3-9-37-34(44)22-19-41-26-18-28-25(38-24-8-7-20(42(45)46)15-27(24)47-28)17-29(26)48-33-30(36-10-14-40-12-5-6-13-40)23(35)16-21(31(33)41)32(22)43/h7-8,15-19,36,38H,3-6,9-14H2,1-2H3,(H,37,44). The van der Waals surface area contributed by atoms with Crippen LogP contribution in [0, 0.1) is 15.9 Å². The normalized spacial score (nSPS) is 13.9. The number of carbonyl (C=O) groups is 1. The van der Waals surface area contributed by atoms with E-state index in [0.29, 0.717) is 46.3 Å². The molecule has 0 spiro atoms. The predicted octanol–water partition coefficient (Wildman–Crippen LogP) is 5.62. The third-order valence-corrected chi connectivity index (χ3v) is 8.88. The second-order valence-corrected chi connectivity index (χ2v) is 12.5. The zero-order valence-electron chi connectivity index (χ0n) is 26.7. The van der Waals surface area contributed by atoms with Gasteiger partial charge in [0.2, 0.25) is 5.43 Å². The van der Waals surface area contributed by atoms with Crippen LogP contribution in [0.1, 0.15) is 36.0 Å². The number of nitrogens with one attached hydrogen (secondary N) is 3. The smallest absolute Gasteiger partial charge is 0.273 e. The summed E-state index contributed by atoms with van der Waals surface area (Å²) in [4.78, 5) is 45.7. The molecule has 7 rings (SSSR count). The van der Waals surface area contributed by atoms with Gasteiger partial charge in [-0.2, -0.15) is 0 Å². The predicted molar refractivity (Wildman–Crippen MR) is 182 cm³/mol. The third-order valence-electron chi connectivity index (χ3n) is 8.88. The number of H-pyrrole nitrogens is 1. The van der Waals surface area contributed by atoms with Crippen molar-refractivity contribution >= 4 is 67.1 Å². The van der Waals surface area contributed by atoms with E-state index in [4.69, 9.17) is 8.83 Å². The fraction of sp³-hybridized carbons (Fsp3) is 0.353. The number of rotatable bonds is 11. The number of anilines is 1. The second kappa shape index (κ2) is 12.8. The number of benzene rings is 3. The van der Waals surface area contributed by atoms with Crippen molar-refractivity contribution in [2.24, 2.45) is 0 Å². The van der Waals surface area contributed by atoms with Crippen LogP contribution in [0.5, 0.6) is 0 Å². The van der Waals surface area contributed by atoms with E-state index in [9.17, 15) is 19.7 Å². The lowest BCUT2D eigenvalue weighted by atomic mass is 10.1. The summed E-state index contributed by atoms with van der Waals surface area (Å²) in [6.45, 7) is 4.42. The quantitative estimate of drug-likeness (QED) is 0.0530. The average Bonchev–Trinajstić information content (AvgIpc) is 3.58. The van der Waals surface area contributed by atoms with Crippen LogP contribution in [0.4, 0.5) is 15.8 Å². The van der Waals surface area contributed by atoms with Gasteiger partial charge in [-0.05, 0) is 71.5 Å². The van der Waals surface area contributed by atoms with Gasteiger partial charge in [0.25, 0.3) is 11.6 Å². The van der Waals surface area contributed by atoms with Gasteiger partial charge < -0.3 is 38.7 Å². The maximum Gasteiger partial charge on any atom is 0.273 e. The van der Waals surface area contributed by atoms with Crippen molar-refractivity contribution in [3.63, 3.8) is 0 Å². The molecule has 1 aliphatic rings. The number of aromatic nitrogens is 2. The molecule has 1 fully saturated rings. The molecule has 3 aromatic carbocycles. The van der Waals surface area contributed by atoms with Crippen LogP contribution in [0.25, 0.3) is 49.8 Å². The number of aromatic amines is 1. The molecular weight excluding hydrogens is 621 g/mol. The third kappa shape index (κ3) is 5.88.